The number of benzene rings is 2. The van der Waals surface area contributed by atoms with Gasteiger partial charge in [0.2, 0.25) is 6.41 Å². The van der Waals surface area contributed by atoms with Crippen molar-refractivity contribution >= 4 is 17.8 Å². The fourth-order valence-electron chi connectivity index (χ4n) is 2.64. The summed E-state index contributed by atoms with van der Waals surface area (Å²) in [5.74, 6) is 0. The zero-order valence-electron chi connectivity index (χ0n) is 14.1. The van der Waals surface area contributed by atoms with Crippen molar-refractivity contribution in [3.05, 3.63) is 71.8 Å². The van der Waals surface area contributed by atoms with E-state index in [4.69, 9.17) is 0 Å². The first kappa shape index (κ1) is 17.8. The molecule has 0 radical (unpaired) electrons. The van der Waals surface area contributed by atoms with Crippen LogP contribution in [0.15, 0.2) is 60.7 Å². The Labute approximate surface area is 143 Å². The largest absolute Gasteiger partial charge is 0.393 e. The van der Waals surface area contributed by atoms with Crippen molar-refractivity contribution in [2.45, 2.75) is 19.4 Å². The van der Waals surface area contributed by atoms with E-state index in [1.807, 2.05) is 61.7 Å². The smallest absolute Gasteiger partial charge is 0.207 e. The quantitative estimate of drug-likeness (QED) is 0.580. The van der Waals surface area contributed by atoms with E-state index in [2.05, 4.69) is 16.3 Å². The van der Waals surface area contributed by atoms with Crippen molar-refractivity contribution in [1.29, 1.82) is 0 Å². The highest BCUT2D eigenvalue weighted by Gasteiger charge is 2.10. The minimum absolute atomic E-state index is 0.378. The van der Waals surface area contributed by atoms with E-state index in [1.54, 1.807) is 6.92 Å². The van der Waals surface area contributed by atoms with Crippen LogP contribution in [0.5, 0.6) is 0 Å². The van der Waals surface area contributed by atoms with Gasteiger partial charge < -0.3 is 15.3 Å². The number of carbonyl (C=O) groups is 1. The Morgan fingerprint density at radius 3 is 2.62 bits per heavy atom. The van der Waals surface area contributed by atoms with E-state index in [0.717, 1.165) is 22.5 Å². The summed E-state index contributed by atoms with van der Waals surface area (Å²) >= 11 is 0. The summed E-state index contributed by atoms with van der Waals surface area (Å²) in [6.07, 6.45) is 2.92. The second kappa shape index (κ2) is 8.89. The number of para-hydroxylation sites is 1. The number of nitrogens with one attached hydrogen (secondary N) is 1. The van der Waals surface area contributed by atoms with Gasteiger partial charge >= 0.3 is 0 Å². The first-order valence-electron chi connectivity index (χ1n) is 8.05. The summed E-state index contributed by atoms with van der Waals surface area (Å²) in [6, 6.07) is 18.2. The molecule has 1 amide bonds. The van der Waals surface area contributed by atoms with Gasteiger partial charge in [-0.05, 0) is 48.7 Å². The number of amides is 1. The molecule has 24 heavy (non-hydrogen) atoms. The topological polar surface area (TPSA) is 52.6 Å². The first-order valence-corrected chi connectivity index (χ1v) is 8.05. The molecule has 0 aliphatic heterocycles. The standard InChI is InChI=1S/C20H24N2O2/c1-16(24)13-17-7-6-8-18(14-17)20(11-12-21-15-23)22(2)19-9-4-3-5-10-19/h3-11,14-16,24H,12-13H2,1-2H3,(H,21,23)/b20-11-. The van der Waals surface area contributed by atoms with Crippen LogP contribution in [0.3, 0.4) is 0 Å². The Kier molecular flexibility index (Phi) is 6.58. The highest BCUT2D eigenvalue weighted by Crippen LogP contribution is 2.25. The Morgan fingerprint density at radius 1 is 1.21 bits per heavy atom. The van der Waals surface area contributed by atoms with E-state index >= 15 is 0 Å². The summed E-state index contributed by atoms with van der Waals surface area (Å²) in [6.45, 7) is 2.24. The van der Waals surface area contributed by atoms with Crippen LogP contribution in [0.1, 0.15) is 18.1 Å². The molecule has 1 atom stereocenters. The van der Waals surface area contributed by atoms with Gasteiger partial charge in [0.1, 0.15) is 0 Å². The SMILES string of the molecule is CC(O)Cc1cccc(/C(=C/CNC=O)N(C)c2ccccc2)c1. The molecule has 0 bridgehead atoms. The minimum Gasteiger partial charge on any atom is -0.393 e. The van der Waals surface area contributed by atoms with Crippen LogP contribution in [0, 0.1) is 0 Å². The van der Waals surface area contributed by atoms with Gasteiger partial charge in [0.05, 0.1) is 6.10 Å². The molecule has 0 spiro atoms. The number of aliphatic hydroxyl groups excluding tert-OH is 1. The number of anilines is 1. The van der Waals surface area contributed by atoms with Crippen molar-refractivity contribution in [2.75, 3.05) is 18.5 Å². The summed E-state index contributed by atoms with van der Waals surface area (Å²) in [5, 5.41) is 12.3. The van der Waals surface area contributed by atoms with Crippen molar-refractivity contribution in [3.8, 4) is 0 Å². The van der Waals surface area contributed by atoms with Crippen molar-refractivity contribution in [3.63, 3.8) is 0 Å². The minimum atomic E-state index is -0.378. The average Bonchev–Trinajstić information content (AvgIpc) is 2.59. The fraction of sp³-hybridized carbons (Fsp3) is 0.250. The highest BCUT2D eigenvalue weighted by atomic mass is 16.3. The van der Waals surface area contributed by atoms with Gasteiger partial charge in [0.25, 0.3) is 0 Å². The molecule has 2 N–H and O–H groups in total. The monoisotopic (exact) mass is 324 g/mol. The van der Waals surface area contributed by atoms with Gasteiger partial charge in [-0.1, -0.05) is 36.4 Å². The van der Waals surface area contributed by atoms with Crippen LogP contribution in [0.25, 0.3) is 5.70 Å². The van der Waals surface area contributed by atoms with Gasteiger partial charge in [-0.25, -0.2) is 0 Å². The molecule has 0 heterocycles. The van der Waals surface area contributed by atoms with Crippen molar-refractivity contribution in [2.24, 2.45) is 0 Å². The van der Waals surface area contributed by atoms with Crippen LogP contribution in [0.4, 0.5) is 5.69 Å². The lowest BCUT2D eigenvalue weighted by atomic mass is 10.0. The molecular weight excluding hydrogens is 300 g/mol. The summed E-state index contributed by atoms with van der Waals surface area (Å²) < 4.78 is 0. The Morgan fingerprint density at radius 2 is 1.96 bits per heavy atom. The third-order valence-corrected chi connectivity index (χ3v) is 3.76. The molecule has 0 saturated carbocycles. The lowest BCUT2D eigenvalue weighted by molar-refractivity contribution is -0.109. The van der Waals surface area contributed by atoms with Crippen LogP contribution >= 0.6 is 0 Å². The third kappa shape index (κ3) is 4.96. The summed E-state index contributed by atoms with van der Waals surface area (Å²) in [5.41, 5.74) is 4.20. The van der Waals surface area contributed by atoms with Gasteiger partial charge in [0, 0.05) is 25.0 Å². The zero-order chi connectivity index (χ0) is 17.4. The number of rotatable bonds is 8. The van der Waals surface area contributed by atoms with Crippen molar-refractivity contribution < 1.29 is 9.90 Å². The van der Waals surface area contributed by atoms with E-state index in [-0.39, 0.29) is 6.10 Å². The van der Waals surface area contributed by atoms with Gasteiger partial charge in [-0.3, -0.25) is 4.79 Å². The normalized spacial score (nSPS) is 12.5. The number of hydrogen-bond donors (Lipinski definition) is 2. The molecule has 2 rings (SSSR count). The van der Waals surface area contributed by atoms with Gasteiger partial charge in [-0.2, -0.15) is 0 Å². The Bertz CT molecular complexity index is 681. The number of hydrogen-bond acceptors (Lipinski definition) is 3. The predicted octanol–water partition coefficient (Wildman–Crippen LogP) is 2.83. The molecule has 2 aromatic carbocycles. The van der Waals surface area contributed by atoms with Crippen LogP contribution in [-0.4, -0.2) is 31.2 Å². The maximum absolute atomic E-state index is 10.6. The van der Waals surface area contributed by atoms with Gasteiger partial charge in [0.15, 0.2) is 0 Å². The molecule has 0 aliphatic rings. The predicted molar refractivity (Wildman–Crippen MR) is 98.7 cm³/mol. The Hall–Kier alpha value is -2.59. The third-order valence-electron chi connectivity index (χ3n) is 3.76. The molecule has 0 fully saturated rings. The lowest BCUT2D eigenvalue weighted by Crippen LogP contribution is -2.18. The highest BCUT2D eigenvalue weighted by molar-refractivity contribution is 5.79. The zero-order valence-corrected chi connectivity index (χ0v) is 14.1. The molecule has 126 valence electrons. The molecule has 4 nitrogen and oxygen atoms in total. The van der Waals surface area contributed by atoms with E-state index < -0.39 is 0 Å². The van der Waals surface area contributed by atoms with E-state index in [0.29, 0.717) is 19.4 Å². The second-order valence-corrected chi connectivity index (χ2v) is 5.76. The molecule has 0 aromatic heterocycles. The Balaban J connectivity index is 2.36. The number of aliphatic hydroxyl groups is 1. The van der Waals surface area contributed by atoms with Gasteiger partial charge in [-0.15, -0.1) is 0 Å². The lowest BCUT2D eigenvalue weighted by Gasteiger charge is -2.24. The number of carbonyl (C=O) groups excluding carboxylic acids is 1. The molecule has 0 saturated heterocycles. The van der Waals surface area contributed by atoms with Crippen LogP contribution in [-0.2, 0) is 11.2 Å². The van der Waals surface area contributed by atoms with Crippen LogP contribution in [0.2, 0.25) is 0 Å². The maximum Gasteiger partial charge on any atom is 0.207 e. The molecule has 1 unspecified atom stereocenters. The molecule has 0 aliphatic carbocycles. The summed E-state index contributed by atoms with van der Waals surface area (Å²) in [4.78, 5) is 12.6. The van der Waals surface area contributed by atoms with E-state index in [1.165, 1.54) is 0 Å². The van der Waals surface area contributed by atoms with E-state index in [9.17, 15) is 9.90 Å². The molecule has 4 heteroatoms. The van der Waals surface area contributed by atoms with Crippen LogP contribution < -0.4 is 10.2 Å². The molecular formula is C20H24N2O2. The number of nitrogens with zero attached hydrogens (tertiary/aromatic N) is 1. The summed E-state index contributed by atoms with van der Waals surface area (Å²) in [7, 11) is 2.00. The maximum atomic E-state index is 10.6. The molecule has 2 aromatic rings. The van der Waals surface area contributed by atoms with Crippen molar-refractivity contribution in [1.82, 2.24) is 5.32 Å². The fourth-order valence-corrected chi connectivity index (χ4v) is 2.64. The average molecular weight is 324 g/mol. The second-order valence-electron chi connectivity index (χ2n) is 5.76. The first-order chi connectivity index (χ1) is 11.6.